The number of carbonyl (C=O) groups is 2. The monoisotopic (exact) mass is 500 g/mol. The first kappa shape index (κ1) is 26.7. The standard InChI is InChI=1S/C31H40N4O2/c1-30(2,3)17-20(14-21-18-33-25-12-8-6-10-23(21)25)15-28(36)27(35-29(37)31(4,5)32)16-22-19-34-26-13-9-7-11-24(22)26/h6-13,18-20,27,33-34H,14-17,32H2,1-5H3,(H,35,37)/t20-,27-/m0/s1. The van der Waals surface area contributed by atoms with Crippen LogP contribution in [0.2, 0.25) is 0 Å². The van der Waals surface area contributed by atoms with E-state index >= 15 is 0 Å². The molecule has 6 heteroatoms. The second-order valence-corrected chi connectivity index (χ2v) is 12.2. The second kappa shape index (κ2) is 10.5. The molecule has 2 heterocycles. The predicted molar refractivity (Wildman–Crippen MR) is 151 cm³/mol. The number of amides is 1. The van der Waals surface area contributed by atoms with Gasteiger partial charge in [0.1, 0.15) is 0 Å². The molecule has 37 heavy (non-hydrogen) atoms. The van der Waals surface area contributed by atoms with Crippen molar-refractivity contribution in [2.45, 2.75) is 71.9 Å². The third-order valence-corrected chi connectivity index (χ3v) is 6.95. The van der Waals surface area contributed by atoms with Crippen LogP contribution in [0.3, 0.4) is 0 Å². The lowest BCUT2D eigenvalue weighted by Crippen LogP contribution is -2.54. The third kappa shape index (κ3) is 6.69. The van der Waals surface area contributed by atoms with Gasteiger partial charge in [-0.05, 0) is 61.3 Å². The fourth-order valence-corrected chi connectivity index (χ4v) is 5.23. The van der Waals surface area contributed by atoms with Gasteiger partial charge in [0.15, 0.2) is 5.78 Å². The quantitative estimate of drug-likeness (QED) is 0.226. The molecule has 0 saturated heterocycles. The fraction of sp³-hybridized carbons (Fsp3) is 0.419. The summed E-state index contributed by atoms with van der Waals surface area (Å²) in [6.07, 6.45) is 6.49. The molecule has 0 aliphatic heterocycles. The van der Waals surface area contributed by atoms with Crippen LogP contribution in [-0.2, 0) is 22.4 Å². The molecule has 5 N–H and O–H groups in total. The zero-order valence-corrected chi connectivity index (χ0v) is 22.7. The van der Waals surface area contributed by atoms with E-state index in [9.17, 15) is 9.59 Å². The highest BCUT2D eigenvalue weighted by Gasteiger charge is 2.31. The van der Waals surface area contributed by atoms with Crippen molar-refractivity contribution in [2.75, 3.05) is 0 Å². The van der Waals surface area contributed by atoms with E-state index in [0.717, 1.165) is 34.8 Å². The Labute approximate surface area is 219 Å². The van der Waals surface area contributed by atoms with Gasteiger partial charge in [0.05, 0.1) is 11.6 Å². The van der Waals surface area contributed by atoms with Gasteiger partial charge in [-0.2, -0.15) is 0 Å². The summed E-state index contributed by atoms with van der Waals surface area (Å²) >= 11 is 0. The lowest BCUT2D eigenvalue weighted by atomic mass is 9.78. The number of H-pyrrole nitrogens is 2. The van der Waals surface area contributed by atoms with Gasteiger partial charge in [-0.3, -0.25) is 9.59 Å². The van der Waals surface area contributed by atoms with Gasteiger partial charge in [-0.1, -0.05) is 57.2 Å². The number of aromatic amines is 2. The van der Waals surface area contributed by atoms with E-state index in [1.807, 2.05) is 42.6 Å². The number of rotatable bonds is 10. The smallest absolute Gasteiger partial charge is 0.240 e. The third-order valence-electron chi connectivity index (χ3n) is 6.95. The molecule has 0 fully saturated rings. The molecule has 0 aliphatic carbocycles. The Morgan fingerprint density at radius 3 is 1.86 bits per heavy atom. The summed E-state index contributed by atoms with van der Waals surface area (Å²) in [5.41, 5.74) is 9.42. The average molecular weight is 501 g/mol. The van der Waals surface area contributed by atoms with Crippen molar-refractivity contribution >= 4 is 33.5 Å². The van der Waals surface area contributed by atoms with Crippen molar-refractivity contribution in [1.29, 1.82) is 0 Å². The summed E-state index contributed by atoms with van der Waals surface area (Å²) in [7, 11) is 0. The molecule has 2 aromatic heterocycles. The van der Waals surface area contributed by atoms with Crippen molar-refractivity contribution in [2.24, 2.45) is 17.1 Å². The first-order valence-corrected chi connectivity index (χ1v) is 13.1. The number of carbonyl (C=O) groups excluding carboxylic acids is 2. The van der Waals surface area contributed by atoms with Gasteiger partial charge in [0.2, 0.25) is 5.91 Å². The number of Topliss-reactive ketones (excluding diaryl/α,β-unsaturated/α-hetero) is 1. The van der Waals surface area contributed by atoms with E-state index in [0.29, 0.717) is 12.8 Å². The Bertz CT molecular complexity index is 1380. The molecule has 2 atom stereocenters. The van der Waals surface area contributed by atoms with Crippen LogP contribution in [0.25, 0.3) is 21.8 Å². The van der Waals surface area contributed by atoms with Gasteiger partial charge in [-0.25, -0.2) is 0 Å². The highest BCUT2D eigenvalue weighted by Crippen LogP contribution is 2.32. The van der Waals surface area contributed by atoms with Gasteiger partial charge >= 0.3 is 0 Å². The van der Waals surface area contributed by atoms with Crippen molar-refractivity contribution in [3.8, 4) is 0 Å². The molecule has 6 nitrogen and oxygen atoms in total. The number of aromatic nitrogens is 2. The van der Waals surface area contributed by atoms with Crippen LogP contribution in [0.5, 0.6) is 0 Å². The summed E-state index contributed by atoms with van der Waals surface area (Å²) < 4.78 is 0. The summed E-state index contributed by atoms with van der Waals surface area (Å²) in [5, 5.41) is 5.24. The highest BCUT2D eigenvalue weighted by molar-refractivity contribution is 5.93. The van der Waals surface area contributed by atoms with Crippen LogP contribution in [0.15, 0.2) is 60.9 Å². The molecule has 0 spiro atoms. The van der Waals surface area contributed by atoms with Crippen molar-refractivity contribution in [3.63, 3.8) is 0 Å². The maximum Gasteiger partial charge on any atom is 0.240 e. The first-order valence-electron chi connectivity index (χ1n) is 13.1. The van der Waals surface area contributed by atoms with Crippen LogP contribution in [0.1, 0.15) is 58.6 Å². The number of hydrogen-bond donors (Lipinski definition) is 4. The Morgan fingerprint density at radius 1 is 0.838 bits per heavy atom. The van der Waals surface area contributed by atoms with E-state index in [1.165, 1.54) is 10.9 Å². The molecule has 1 amide bonds. The minimum absolute atomic E-state index is 0.0389. The Hall–Kier alpha value is -3.38. The summed E-state index contributed by atoms with van der Waals surface area (Å²) in [5.74, 6) is -0.147. The lowest BCUT2D eigenvalue weighted by molar-refractivity contribution is -0.130. The zero-order chi connectivity index (χ0) is 26.8. The van der Waals surface area contributed by atoms with E-state index < -0.39 is 11.6 Å². The van der Waals surface area contributed by atoms with E-state index in [2.05, 4.69) is 54.4 Å². The van der Waals surface area contributed by atoms with Crippen molar-refractivity contribution < 1.29 is 9.59 Å². The molecule has 4 aromatic rings. The number of ketones is 1. The SMILES string of the molecule is CC(C)(C)C[C@H](CC(=O)[C@H](Cc1c[nH]c2ccccc12)NC(=O)C(C)(C)N)Cc1c[nH]c2ccccc12. The van der Waals surface area contributed by atoms with Crippen molar-refractivity contribution in [1.82, 2.24) is 15.3 Å². The lowest BCUT2D eigenvalue weighted by Gasteiger charge is -2.28. The molecule has 196 valence electrons. The van der Waals surface area contributed by atoms with Crippen LogP contribution < -0.4 is 11.1 Å². The minimum Gasteiger partial charge on any atom is -0.361 e. The molecule has 0 unspecified atom stereocenters. The predicted octanol–water partition coefficient (Wildman–Crippen LogP) is 5.67. The normalized spacial score (nSPS) is 14.1. The van der Waals surface area contributed by atoms with Crippen LogP contribution in [-0.4, -0.2) is 33.2 Å². The molecule has 0 bridgehead atoms. The molecular formula is C31H40N4O2. The van der Waals surface area contributed by atoms with E-state index in [1.54, 1.807) is 13.8 Å². The zero-order valence-electron chi connectivity index (χ0n) is 22.7. The van der Waals surface area contributed by atoms with Gasteiger partial charge < -0.3 is 21.0 Å². The van der Waals surface area contributed by atoms with Gasteiger partial charge in [-0.15, -0.1) is 0 Å². The molecular weight excluding hydrogens is 460 g/mol. The van der Waals surface area contributed by atoms with Gasteiger partial charge in [0, 0.05) is 47.0 Å². The maximum atomic E-state index is 13.9. The summed E-state index contributed by atoms with van der Waals surface area (Å²) in [4.78, 5) is 33.4. The Morgan fingerprint density at radius 2 is 1.35 bits per heavy atom. The first-order chi connectivity index (χ1) is 17.4. The molecule has 4 rings (SSSR count). The summed E-state index contributed by atoms with van der Waals surface area (Å²) in [6, 6.07) is 15.6. The number of nitrogens with two attached hydrogens (primary N) is 1. The van der Waals surface area contributed by atoms with E-state index in [4.69, 9.17) is 5.73 Å². The highest BCUT2D eigenvalue weighted by atomic mass is 16.2. The number of hydrogen-bond acceptors (Lipinski definition) is 3. The largest absolute Gasteiger partial charge is 0.361 e. The minimum atomic E-state index is -1.08. The van der Waals surface area contributed by atoms with Crippen LogP contribution in [0.4, 0.5) is 0 Å². The fourth-order valence-electron chi connectivity index (χ4n) is 5.23. The summed E-state index contributed by atoms with van der Waals surface area (Å²) in [6.45, 7) is 9.95. The Balaban J connectivity index is 1.60. The van der Waals surface area contributed by atoms with Crippen molar-refractivity contribution in [3.05, 3.63) is 72.1 Å². The average Bonchev–Trinajstić information content (AvgIpc) is 3.41. The van der Waals surface area contributed by atoms with Crippen LogP contribution in [0, 0.1) is 11.3 Å². The molecule has 0 saturated carbocycles. The van der Waals surface area contributed by atoms with Gasteiger partial charge in [0.25, 0.3) is 0 Å². The number of benzene rings is 2. The Kier molecular flexibility index (Phi) is 7.60. The van der Waals surface area contributed by atoms with E-state index in [-0.39, 0.29) is 23.0 Å². The molecule has 2 aromatic carbocycles. The van der Waals surface area contributed by atoms with Crippen LogP contribution >= 0.6 is 0 Å². The maximum absolute atomic E-state index is 13.9. The topological polar surface area (TPSA) is 104 Å². The second-order valence-electron chi connectivity index (χ2n) is 12.2. The number of fused-ring (bicyclic) bond motifs is 2. The number of nitrogens with one attached hydrogen (secondary N) is 3. The molecule has 0 aliphatic rings. The number of para-hydroxylation sites is 2. The molecule has 0 radical (unpaired) electrons.